The van der Waals surface area contributed by atoms with E-state index in [0.29, 0.717) is 16.7 Å². The fraction of sp³-hybridized carbons (Fsp3) is 0.400. The molecular weight excluding hydrogens is 186 g/mol. The lowest BCUT2D eigenvalue weighted by atomic mass is 9.98. The van der Waals surface area contributed by atoms with E-state index in [9.17, 15) is 5.11 Å². The minimum absolute atomic E-state index is 0.321. The highest BCUT2D eigenvalue weighted by Gasteiger charge is 2.19. The van der Waals surface area contributed by atoms with Crippen molar-refractivity contribution in [2.24, 2.45) is 0 Å². The zero-order valence-electron chi connectivity index (χ0n) is 7.26. The number of hydrogen-bond acceptors (Lipinski definition) is 2. The van der Waals surface area contributed by atoms with Crippen LogP contribution in [0.2, 0.25) is 5.02 Å². The van der Waals surface area contributed by atoms with E-state index in [1.807, 2.05) is 12.1 Å². The highest BCUT2D eigenvalue weighted by Crippen LogP contribution is 2.31. The number of aromatic hydroxyl groups is 1. The van der Waals surface area contributed by atoms with E-state index < -0.39 is 0 Å². The summed E-state index contributed by atoms with van der Waals surface area (Å²) in [5.74, 6) is 0.762. The van der Waals surface area contributed by atoms with Gasteiger partial charge < -0.3 is 10.4 Å². The summed E-state index contributed by atoms with van der Waals surface area (Å²) in [4.78, 5) is 0. The van der Waals surface area contributed by atoms with Crippen molar-refractivity contribution in [3.05, 3.63) is 28.8 Å². The fourth-order valence-corrected chi connectivity index (χ4v) is 1.95. The molecule has 1 unspecified atom stereocenters. The minimum Gasteiger partial charge on any atom is -0.508 e. The Morgan fingerprint density at radius 1 is 1.46 bits per heavy atom. The topological polar surface area (TPSA) is 32.3 Å². The maximum atomic E-state index is 9.64. The number of rotatable bonds is 1. The zero-order chi connectivity index (χ0) is 9.26. The number of phenols is 1. The molecule has 0 aromatic heterocycles. The van der Waals surface area contributed by atoms with Crippen LogP contribution in [-0.2, 0) is 0 Å². The van der Waals surface area contributed by atoms with Gasteiger partial charge in [-0.15, -0.1) is 0 Å². The maximum Gasteiger partial charge on any atom is 0.120 e. The lowest BCUT2D eigenvalue weighted by molar-refractivity contribution is 0.463. The Morgan fingerprint density at radius 3 is 2.92 bits per heavy atom. The second-order valence-corrected chi connectivity index (χ2v) is 3.83. The molecule has 3 heteroatoms. The number of halogens is 1. The zero-order valence-corrected chi connectivity index (χ0v) is 8.01. The maximum absolute atomic E-state index is 9.64. The molecule has 0 bridgehead atoms. The van der Waals surface area contributed by atoms with E-state index in [4.69, 9.17) is 11.6 Å². The molecule has 1 fully saturated rings. The highest BCUT2D eigenvalue weighted by molar-refractivity contribution is 6.30. The largest absolute Gasteiger partial charge is 0.508 e. The summed E-state index contributed by atoms with van der Waals surface area (Å²) in [6.07, 6.45) is 1.09. The molecule has 1 aromatic rings. The Kier molecular flexibility index (Phi) is 2.42. The van der Waals surface area contributed by atoms with E-state index >= 15 is 0 Å². The van der Waals surface area contributed by atoms with Crippen molar-refractivity contribution in [1.82, 2.24) is 5.32 Å². The van der Waals surface area contributed by atoms with E-state index in [2.05, 4.69) is 5.32 Å². The van der Waals surface area contributed by atoms with Gasteiger partial charge in [-0.2, -0.15) is 0 Å². The summed E-state index contributed by atoms with van der Waals surface area (Å²) >= 11 is 5.75. The Labute approximate surface area is 82.5 Å². The van der Waals surface area contributed by atoms with Gasteiger partial charge >= 0.3 is 0 Å². The number of hydrogen-bond donors (Lipinski definition) is 2. The summed E-state index contributed by atoms with van der Waals surface area (Å²) < 4.78 is 0. The van der Waals surface area contributed by atoms with Gasteiger partial charge in [-0.25, -0.2) is 0 Å². The summed E-state index contributed by atoms with van der Waals surface area (Å²) in [6, 6.07) is 5.35. The van der Waals surface area contributed by atoms with Crippen LogP contribution < -0.4 is 5.32 Å². The van der Waals surface area contributed by atoms with E-state index in [1.54, 1.807) is 6.07 Å². The van der Waals surface area contributed by atoms with E-state index in [0.717, 1.165) is 25.1 Å². The molecule has 0 saturated carbocycles. The molecule has 0 radical (unpaired) electrons. The van der Waals surface area contributed by atoms with Gasteiger partial charge in [0.1, 0.15) is 5.75 Å². The van der Waals surface area contributed by atoms with Crippen molar-refractivity contribution >= 4 is 11.6 Å². The first-order valence-electron chi connectivity index (χ1n) is 4.46. The standard InChI is InChI=1S/C10H12ClNO/c11-8-1-2-9(10(13)5-8)7-3-4-12-6-7/h1-2,5,7,12-13H,3-4,6H2. The average molecular weight is 198 g/mol. The molecule has 0 aliphatic carbocycles. The van der Waals surface area contributed by atoms with E-state index in [1.165, 1.54) is 0 Å². The molecule has 1 heterocycles. The first-order chi connectivity index (χ1) is 6.27. The van der Waals surface area contributed by atoms with Crippen LogP contribution in [0.15, 0.2) is 18.2 Å². The van der Waals surface area contributed by atoms with Crippen molar-refractivity contribution in [3.8, 4) is 5.75 Å². The predicted octanol–water partition coefficient (Wildman–Crippen LogP) is 2.12. The van der Waals surface area contributed by atoms with Crippen molar-refractivity contribution < 1.29 is 5.11 Å². The van der Waals surface area contributed by atoms with Crippen LogP contribution >= 0.6 is 11.6 Å². The minimum atomic E-state index is 0.321. The third kappa shape index (κ3) is 1.79. The van der Waals surface area contributed by atoms with Crippen LogP contribution in [0.3, 0.4) is 0 Å². The molecule has 1 aliphatic heterocycles. The Balaban J connectivity index is 2.29. The fourth-order valence-electron chi connectivity index (χ4n) is 1.78. The van der Waals surface area contributed by atoms with Crippen molar-refractivity contribution in [1.29, 1.82) is 0 Å². The van der Waals surface area contributed by atoms with Crippen LogP contribution in [0, 0.1) is 0 Å². The lowest BCUT2D eigenvalue weighted by Crippen LogP contribution is -2.07. The molecule has 13 heavy (non-hydrogen) atoms. The smallest absolute Gasteiger partial charge is 0.120 e. The van der Waals surface area contributed by atoms with Gasteiger partial charge in [-0.1, -0.05) is 17.7 Å². The van der Waals surface area contributed by atoms with Crippen LogP contribution in [0.25, 0.3) is 0 Å². The van der Waals surface area contributed by atoms with Gasteiger partial charge in [0.2, 0.25) is 0 Å². The summed E-state index contributed by atoms with van der Waals surface area (Å²) in [6.45, 7) is 1.99. The van der Waals surface area contributed by atoms with Crippen molar-refractivity contribution in [2.75, 3.05) is 13.1 Å². The van der Waals surface area contributed by atoms with Crippen molar-refractivity contribution in [3.63, 3.8) is 0 Å². The Hall–Kier alpha value is -0.730. The quantitative estimate of drug-likeness (QED) is 0.723. The molecular formula is C10H12ClNO. The molecule has 1 aliphatic rings. The molecule has 2 nitrogen and oxygen atoms in total. The Bertz CT molecular complexity index is 308. The molecule has 0 spiro atoms. The van der Waals surface area contributed by atoms with Gasteiger partial charge in [0, 0.05) is 17.5 Å². The molecule has 1 aromatic carbocycles. The SMILES string of the molecule is Oc1cc(Cl)ccc1C1CCNC1. The molecule has 1 atom stereocenters. The van der Waals surface area contributed by atoms with Gasteiger partial charge in [-0.3, -0.25) is 0 Å². The molecule has 2 N–H and O–H groups in total. The Morgan fingerprint density at radius 2 is 2.31 bits per heavy atom. The molecule has 70 valence electrons. The van der Waals surface area contributed by atoms with Crippen molar-refractivity contribution in [2.45, 2.75) is 12.3 Å². The van der Waals surface area contributed by atoms with Crippen LogP contribution in [0.1, 0.15) is 17.9 Å². The second kappa shape index (κ2) is 3.56. The normalized spacial score (nSPS) is 22.1. The monoisotopic (exact) mass is 197 g/mol. The van der Waals surface area contributed by atoms with Gasteiger partial charge in [0.05, 0.1) is 0 Å². The van der Waals surface area contributed by atoms with E-state index in [-0.39, 0.29) is 0 Å². The second-order valence-electron chi connectivity index (χ2n) is 3.39. The predicted molar refractivity (Wildman–Crippen MR) is 53.3 cm³/mol. The van der Waals surface area contributed by atoms with Gasteiger partial charge in [0.15, 0.2) is 0 Å². The van der Waals surface area contributed by atoms with Crippen LogP contribution in [-0.4, -0.2) is 18.2 Å². The van der Waals surface area contributed by atoms with Gasteiger partial charge in [0.25, 0.3) is 0 Å². The van der Waals surface area contributed by atoms with Gasteiger partial charge in [-0.05, 0) is 30.7 Å². The lowest BCUT2D eigenvalue weighted by Gasteiger charge is -2.10. The first-order valence-corrected chi connectivity index (χ1v) is 4.84. The highest BCUT2D eigenvalue weighted by atomic mass is 35.5. The van der Waals surface area contributed by atoms with Crippen LogP contribution in [0.5, 0.6) is 5.75 Å². The first kappa shape index (κ1) is 8.85. The summed E-state index contributed by atoms with van der Waals surface area (Å²) in [5, 5.41) is 13.5. The third-order valence-electron chi connectivity index (χ3n) is 2.49. The molecule has 2 rings (SSSR count). The average Bonchev–Trinajstić information content (AvgIpc) is 2.56. The summed E-state index contributed by atoms with van der Waals surface area (Å²) in [7, 11) is 0. The molecule has 1 saturated heterocycles. The summed E-state index contributed by atoms with van der Waals surface area (Å²) in [5.41, 5.74) is 1.01. The van der Waals surface area contributed by atoms with Crippen LogP contribution in [0.4, 0.5) is 0 Å². The third-order valence-corrected chi connectivity index (χ3v) is 2.73. The molecule has 0 amide bonds. The number of benzene rings is 1. The number of nitrogens with one attached hydrogen (secondary N) is 1. The number of phenolic OH excluding ortho intramolecular Hbond substituents is 1.